The van der Waals surface area contributed by atoms with Crippen molar-refractivity contribution < 1.29 is 28.6 Å². The number of ketones is 1. The Kier molecular flexibility index (Phi) is 9.97. The molecular weight excluding hydrogens is 633 g/mol. The van der Waals surface area contributed by atoms with Crippen LogP contribution in [-0.4, -0.2) is 40.7 Å². The summed E-state index contributed by atoms with van der Waals surface area (Å²) in [6.45, 7) is 2.64. The molecule has 0 spiro atoms. The van der Waals surface area contributed by atoms with Crippen LogP contribution >= 0.6 is 46.3 Å². The zero-order valence-electron chi connectivity index (χ0n) is 23.2. The highest BCUT2D eigenvalue weighted by atomic mass is 35.5. The molecule has 0 saturated carbocycles. The molecule has 43 heavy (non-hydrogen) atoms. The number of aliphatic hydroxyl groups excluding tert-OH is 1. The highest BCUT2D eigenvalue weighted by Crippen LogP contribution is 2.45. The van der Waals surface area contributed by atoms with E-state index in [1.807, 2.05) is 6.07 Å². The number of amides is 1. The number of anilines is 1. The minimum atomic E-state index is -1.04. The van der Waals surface area contributed by atoms with Gasteiger partial charge in [0.2, 0.25) is 10.9 Å². The van der Waals surface area contributed by atoms with E-state index in [2.05, 4.69) is 17.1 Å². The van der Waals surface area contributed by atoms with Crippen LogP contribution in [0.2, 0.25) is 10.0 Å². The first-order chi connectivity index (χ1) is 20.8. The topological polar surface area (TPSA) is 115 Å². The van der Waals surface area contributed by atoms with Gasteiger partial charge in [-0.15, -0.1) is 10.2 Å². The molecule has 224 valence electrons. The molecule has 1 atom stereocenters. The molecule has 0 aliphatic carbocycles. The van der Waals surface area contributed by atoms with Gasteiger partial charge in [0.05, 0.1) is 31.6 Å². The highest BCUT2D eigenvalue weighted by molar-refractivity contribution is 8.00. The molecule has 1 amide bonds. The number of Topliss-reactive ketones (excluding diaryl/α,β-unsaturated/α-hetero) is 1. The maximum absolute atomic E-state index is 13.6. The molecule has 2 aromatic carbocycles. The Labute approximate surface area is 266 Å². The zero-order valence-corrected chi connectivity index (χ0v) is 26.4. The molecule has 0 radical (unpaired) electrons. The van der Waals surface area contributed by atoms with Crippen molar-refractivity contribution in [3.8, 4) is 11.5 Å². The second-order valence-corrected chi connectivity index (χ2v) is 12.5. The molecule has 13 heteroatoms. The summed E-state index contributed by atoms with van der Waals surface area (Å²) in [7, 11) is 1.51. The first-order valence-electron chi connectivity index (χ1n) is 13.4. The number of thioether (sulfide) groups is 1. The standard InChI is InChI=1S/C30H27Cl2N3O6S2/c1-3-4-5-12-40-21-11-9-17(14-23(21)39-2)25-24(26(36)22-7-6-13-41-22)27(37)28(38)35(25)29-33-34-30(43-29)42-16-18-8-10-19(31)15-20(18)32/h6-11,13-15,25,37H,3-5,12,16H2,1-2H3. The number of methoxy groups -OCH3 is 1. The van der Waals surface area contributed by atoms with Crippen LogP contribution < -0.4 is 14.4 Å². The van der Waals surface area contributed by atoms with E-state index in [9.17, 15) is 14.7 Å². The van der Waals surface area contributed by atoms with Crippen molar-refractivity contribution in [3.05, 3.63) is 93.1 Å². The Morgan fingerprint density at radius 1 is 1.14 bits per heavy atom. The summed E-state index contributed by atoms with van der Waals surface area (Å²) in [4.78, 5) is 28.4. The lowest BCUT2D eigenvalue weighted by atomic mass is 9.95. The minimum absolute atomic E-state index is 0.0163. The van der Waals surface area contributed by atoms with E-state index in [4.69, 9.17) is 37.1 Å². The number of nitrogens with zero attached hydrogens (tertiary/aromatic N) is 3. The number of rotatable bonds is 13. The first kappa shape index (κ1) is 30.9. The van der Waals surface area contributed by atoms with Gasteiger partial charge in [-0.25, -0.2) is 0 Å². The number of hydrogen-bond acceptors (Lipinski definition) is 10. The van der Waals surface area contributed by atoms with Crippen molar-refractivity contribution in [1.82, 2.24) is 10.2 Å². The van der Waals surface area contributed by atoms with E-state index < -0.39 is 23.5 Å². The molecule has 1 aliphatic heterocycles. The molecule has 5 rings (SSSR count). The largest absolute Gasteiger partial charge is 0.503 e. The molecule has 1 unspecified atom stereocenters. The van der Waals surface area contributed by atoms with Crippen molar-refractivity contribution >= 4 is 63.1 Å². The summed E-state index contributed by atoms with van der Waals surface area (Å²) in [6, 6.07) is 12.4. The van der Waals surface area contributed by atoms with Gasteiger partial charge in [0.1, 0.15) is 0 Å². The van der Waals surface area contributed by atoms with Crippen LogP contribution in [0, 0.1) is 0 Å². The van der Waals surface area contributed by atoms with Gasteiger partial charge in [-0.3, -0.25) is 14.5 Å². The lowest BCUT2D eigenvalue weighted by Gasteiger charge is -2.24. The van der Waals surface area contributed by atoms with E-state index in [0.29, 0.717) is 43.8 Å². The molecule has 0 fully saturated rings. The minimum Gasteiger partial charge on any atom is -0.503 e. The second kappa shape index (κ2) is 13.9. The third kappa shape index (κ3) is 6.70. The van der Waals surface area contributed by atoms with Gasteiger partial charge in [-0.2, -0.15) is 0 Å². The van der Waals surface area contributed by atoms with E-state index in [0.717, 1.165) is 36.2 Å². The van der Waals surface area contributed by atoms with E-state index >= 15 is 0 Å². The average Bonchev–Trinajstić information content (AvgIpc) is 3.76. The maximum atomic E-state index is 13.6. The fourth-order valence-corrected chi connectivity index (χ4v) is 6.96. The normalized spacial score (nSPS) is 14.9. The highest BCUT2D eigenvalue weighted by Gasteiger charge is 2.47. The summed E-state index contributed by atoms with van der Waals surface area (Å²) in [5.41, 5.74) is 1.22. The smallest absolute Gasteiger partial charge is 0.296 e. The summed E-state index contributed by atoms with van der Waals surface area (Å²) in [5.74, 6) is -0.678. The lowest BCUT2D eigenvalue weighted by Crippen LogP contribution is -2.31. The fraction of sp³-hybridized carbons (Fsp3) is 0.267. The number of furan rings is 1. The van der Waals surface area contributed by atoms with Crippen molar-refractivity contribution in [2.75, 3.05) is 18.6 Å². The Morgan fingerprint density at radius 3 is 2.70 bits per heavy atom. The van der Waals surface area contributed by atoms with Crippen molar-refractivity contribution in [2.45, 2.75) is 42.3 Å². The number of aliphatic hydroxyl groups is 1. The monoisotopic (exact) mass is 659 g/mol. The van der Waals surface area contributed by atoms with Gasteiger partial charge in [0, 0.05) is 15.8 Å². The average molecular weight is 661 g/mol. The number of aromatic nitrogens is 2. The number of benzene rings is 2. The molecule has 9 nitrogen and oxygen atoms in total. The zero-order chi connectivity index (χ0) is 30.5. The summed E-state index contributed by atoms with van der Waals surface area (Å²) >= 11 is 14.9. The SMILES string of the molecule is CCCCCOc1ccc(C2C(C(=O)c3ccco3)=C(O)C(=O)N2c2nnc(SCc3ccc(Cl)cc3Cl)s2)cc1OC. The molecule has 0 saturated heterocycles. The van der Waals surface area contributed by atoms with E-state index in [1.54, 1.807) is 36.4 Å². The van der Waals surface area contributed by atoms with Crippen LogP contribution in [-0.2, 0) is 10.5 Å². The predicted octanol–water partition coefficient (Wildman–Crippen LogP) is 8.09. The van der Waals surface area contributed by atoms with Gasteiger partial charge in [0.15, 0.2) is 27.4 Å². The molecule has 1 aliphatic rings. The van der Waals surface area contributed by atoms with Crippen molar-refractivity contribution in [1.29, 1.82) is 0 Å². The van der Waals surface area contributed by atoms with Crippen LogP contribution in [0.1, 0.15) is 53.9 Å². The Morgan fingerprint density at radius 2 is 1.98 bits per heavy atom. The molecule has 4 aromatic rings. The van der Waals surface area contributed by atoms with Gasteiger partial charge in [-0.05, 0) is 53.9 Å². The van der Waals surface area contributed by atoms with Gasteiger partial charge >= 0.3 is 0 Å². The fourth-order valence-electron chi connectivity index (χ4n) is 4.53. The van der Waals surface area contributed by atoms with Crippen LogP contribution in [0.3, 0.4) is 0 Å². The van der Waals surface area contributed by atoms with Crippen molar-refractivity contribution in [2.24, 2.45) is 0 Å². The number of unbranched alkanes of at least 4 members (excludes halogenated alkanes) is 2. The number of carbonyl (C=O) groups excluding carboxylic acids is 2. The Bertz CT molecular complexity index is 1660. The van der Waals surface area contributed by atoms with E-state index in [-0.39, 0.29) is 16.5 Å². The summed E-state index contributed by atoms with van der Waals surface area (Å²) in [5, 5.41) is 20.8. The Hall–Kier alpha value is -3.51. The summed E-state index contributed by atoms with van der Waals surface area (Å²) < 4.78 is 17.4. The third-order valence-electron chi connectivity index (χ3n) is 6.67. The second-order valence-electron chi connectivity index (χ2n) is 9.49. The van der Waals surface area contributed by atoms with Crippen molar-refractivity contribution in [3.63, 3.8) is 0 Å². The van der Waals surface area contributed by atoms with Crippen LogP contribution in [0.4, 0.5) is 5.13 Å². The maximum Gasteiger partial charge on any atom is 0.296 e. The summed E-state index contributed by atoms with van der Waals surface area (Å²) in [6.07, 6.45) is 4.35. The quantitative estimate of drug-likeness (QED) is 0.0658. The molecule has 3 heterocycles. The van der Waals surface area contributed by atoms with Gasteiger partial charge in [0.25, 0.3) is 5.91 Å². The van der Waals surface area contributed by atoms with Crippen LogP contribution in [0.5, 0.6) is 11.5 Å². The number of ether oxygens (including phenoxy) is 2. The molecular formula is C30H27Cl2N3O6S2. The number of hydrogen-bond donors (Lipinski definition) is 1. The molecule has 2 aromatic heterocycles. The number of carbonyl (C=O) groups is 2. The molecule has 1 N–H and O–H groups in total. The van der Waals surface area contributed by atoms with Gasteiger partial charge < -0.3 is 19.0 Å². The Balaban J connectivity index is 1.48. The molecule has 0 bridgehead atoms. The number of halogens is 2. The predicted molar refractivity (Wildman–Crippen MR) is 167 cm³/mol. The van der Waals surface area contributed by atoms with Crippen LogP contribution in [0.15, 0.2) is 74.9 Å². The third-order valence-corrected chi connectivity index (χ3v) is 9.37. The lowest BCUT2D eigenvalue weighted by molar-refractivity contribution is -0.117. The first-order valence-corrected chi connectivity index (χ1v) is 15.9. The van der Waals surface area contributed by atoms with Gasteiger partial charge in [-0.1, -0.05) is 78.2 Å². The van der Waals surface area contributed by atoms with E-state index in [1.165, 1.54) is 36.1 Å². The van der Waals surface area contributed by atoms with Crippen LogP contribution in [0.25, 0.3) is 0 Å².